The van der Waals surface area contributed by atoms with Crippen molar-refractivity contribution in [1.29, 1.82) is 0 Å². The molecule has 0 spiro atoms. The predicted octanol–water partition coefficient (Wildman–Crippen LogP) is -1.22. The van der Waals surface area contributed by atoms with Crippen LogP contribution in [0.25, 0.3) is 0 Å². The molecule has 1 aliphatic rings. The van der Waals surface area contributed by atoms with E-state index in [-0.39, 0.29) is 40.0 Å². The Morgan fingerprint density at radius 2 is 1.50 bits per heavy atom. The molecule has 1 fully saturated rings. The molecule has 44 valence electrons. The quantitative estimate of drug-likeness (QED) is 0.329. The Kier molecular flexibility index (Phi) is 9.53. The van der Waals surface area contributed by atoms with Gasteiger partial charge in [0.1, 0.15) is 0 Å². The van der Waals surface area contributed by atoms with Gasteiger partial charge in [-0.25, -0.2) is 0 Å². The van der Waals surface area contributed by atoms with Crippen LogP contribution >= 0.6 is 0 Å². The Morgan fingerprint density at radius 3 is 1.62 bits per heavy atom. The van der Waals surface area contributed by atoms with Gasteiger partial charge >= 0.3 is 23.1 Å². The molecule has 0 radical (unpaired) electrons. The van der Waals surface area contributed by atoms with Gasteiger partial charge in [-0.15, -0.1) is 0 Å². The first-order chi connectivity index (χ1) is 2.89. The normalized spacial score (nSPS) is 19.1. The second kappa shape index (κ2) is 6.37. The van der Waals surface area contributed by atoms with Crippen LogP contribution in [0.5, 0.6) is 0 Å². The molecule has 0 unspecified atom stereocenters. The molecule has 0 heterocycles. The van der Waals surface area contributed by atoms with Crippen LogP contribution in [0.4, 0.5) is 0 Å². The van der Waals surface area contributed by atoms with E-state index in [1.807, 2.05) is 0 Å². The van der Waals surface area contributed by atoms with Crippen LogP contribution in [0.3, 0.4) is 0 Å². The average molecular weight is 187 g/mol. The van der Waals surface area contributed by atoms with Gasteiger partial charge in [-0.3, -0.25) is 0 Å². The first-order valence-corrected chi connectivity index (χ1v) is 2.71. The predicted molar refractivity (Wildman–Crippen MR) is 33.1 cm³/mol. The van der Waals surface area contributed by atoms with Crippen LogP contribution in [0.2, 0.25) is 0 Å². The molecule has 1 rings (SSSR count). The summed E-state index contributed by atoms with van der Waals surface area (Å²) in [6, 6.07) is 0. The average Bonchev–Trinajstić information content (AvgIpc) is 1.86. The Labute approximate surface area is 78.3 Å². The van der Waals surface area contributed by atoms with Crippen LogP contribution in [-0.4, -0.2) is 23.1 Å². The molecule has 0 nitrogen and oxygen atoms in total. The number of hydrogen-bond donors (Lipinski definition) is 0. The van der Waals surface area contributed by atoms with Crippen molar-refractivity contribution >= 4 is 23.1 Å². The minimum Gasteiger partial charge on any atom is -1.00 e. The summed E-state index contributed by atoms with van der Waals surface area (Å²) in [4.78, 5) is 0. The zero-order valence-corrected chi connectivity index (χ0v) is 8.41. The Hall–Kier alpha value is 1.25. The standard InChI is InChI=1S/C6H11.BrH.Mg/c1-6-4-2-3-5-6;;/h2-5H2,1H3;1H;/q-1;;+2/p-1. The minimum atomic E-state index is 0. The minimum absolute atomic E-state index is 0. The maximum atomic E-state index is 2.26. The van der Waals surface area contributed by atoms with E-state index >= 15 is 0 Å². The summed E-state index contributed by atoms with van der Waals surface area (Å²) in [5.74, 6) is 1.70. The van der Waals surface area contributed by atoms with E-state index < -0.39 is 0 Å². The van der Waals surface area contributed by atoms with E-state index in [0.717, 1.165) is 0 Å². The zero-order valence-electron chi connectivity index (χ0n) is 5.41. The summed E-state index contributed by atoms with van der Waals surface area (Å²) in [7, 11) is 0. The first kappa shape index (κ1) is 12.0. The van der Waals surface area contributed by atoms with E-state index in [1.165, 1.54) is 25.7 Å². The third-order valence-corrected chi connectivity index (χ3v) is 1.46. The largest absolute Gasteiger partial charge is 2.00 e. The molecule has 2 heteroatoms. The molecule has 0 aromatic heterocycles. The molecular formula is C6H11BrMg. The number of rotatable bonds is 0. The third-order valence-electron chi connectivity index (χ3n) is 1.46. The summed E-state index contributed by atoms with van der Waals surface area (Å²) in [5, 5.41) is 0. The first-order valence-electron chi connectivity index (χ1n) is 2.71. The maximum Gasteiger partial charge on any atom is 2.00 e. The molecule has 0 saturated heterocycles. The fraction of sp³-hybridized carbons (Fsp3) is 0.833. The Morgan fingerprint density at radius 1 is 1.12 bits per heavy atom. The SMILES string of the molecule is C[C-]1CCCC1.[Br-].[Mg+2]. The van der Waals surface area contributed by atoms with Crippen LogP contribution in [0.15, 0.2) is 0 Å². The van der Waals surface area contributed by atoms with Crippen molar-refractivity contribution < 1.29 is 17.0 Å². The number of hydrogen-bond acceptors (Lipinski definition) is 0. The molecule has 0 N–H and O–H groups in total. The van der Waals surface area contributed by atoms with Gasteiger partial charge in [-0.05, 0) is 0 Å². The number of halogens is 1. The zero-order chi connectivity index (χ0) is 4.41. The van der Waals surface area contributed by atoms with Gasteiger partial charge < -0.3 is 22.9 Å². The Balaban J connectivity index is 0. The van der Waals surface area contributed by atoms with E-state index in [9.17, 15) is 0 Å². The molecular weight excluding hydrogens is 176 g/mol. The van der Waals surface area contributed by atoms with Gasteiger partial charge in [0, 0.05) is 0 Å². The molecule has 0 atom stereocenters. The van der Waals surface area contributed by atoms with Crippen molar-refractivity contribution in [3.8, 4) is 0 Å². The van der Waals surface area contributed by atoms with Crippen LogP contribution in [-0.2, 0) is 0 Å². The monoisotopic (exact) mass is 186 g/mol. The van der Waals surface area contributed by atoms with Gasteiger partial charge in [-0.2, -0.15) is 19.8 Å². The smallest absolute Gasteiger partial charge is 1.00 e. The van der Waals surface area contributed by atoms with E-state index in [0.29, 0.717) is 0 Å². The van der Waals surface area contributed by atoms with Gasteiger partial charge in [0.25, 0.3) is 0 Å². The fourth-order valence-corrected chi connectivity index (χ4v) is 0.979. The van der Waals surface area contributed by atoms with Gasteiger partial charge in [-0.1, -0.05) is 12.8 Å². The molecule has 0 aromatic carbocycles. The molecule has 0 aliphatic heterocycles. The second-order valence-corrected chi connectivity index (χ2v) is 2.16. The molecule has 0 amide bonds. The van der Waals surface area contributed by atoms with Crippen molar-refractivity contribution in [2.24, 2.45) is 0 Å². The van der Waals surface area contributed by atoms with Crippen molar-refractivity contribution in [2.75, 3.05) is 0 Å². The molecule has 1 saturated carbocycles. The molecule has 1 aliphatic carbocycles. The van der Waals surface area contributed by atoms with E-state index in [2.05, 4.69) is 6.92 Å². The topological polar surface area (TPSA) is 0 Å². The maximum absolute atomic E-state index is 2.26. The van der Waals surface area contributed by atoms with Crippen LogP contribution < -0.4 is 17.0 Å². The molecule has 8 heavy (non-hydrogen) atoms. The van der Waals surface area contributed by atoms with Crippen LogP contribution in [0, 0.1) is 5.92 Å². The van der Waals surface area contributed by atoms with Crippen molar-refractivity contribution in [3.63, 3.8) is 0 Å². The van der Waals surface area contributed by atoms with Crippen molar-refractivity contribution in [2.45, 2.75) is 32.6 Å². The summed E-state index contributed by atoms with van der Waals surface area (Å²) in [6.07, 6.45) is 5.71. The third kappa shape index (κ3) is 4.16. The van der Waals surface area contributed by atoms with E-state index in [4.69, 9.17) is 0 Å². The van der Waals surface area contributed by atoms with Gasteiger partial charge in [0.05, 0.1) is 0 Å². The van der Waals surface area contributed by atoms with E-state index in [1.54, 1.807) is 5.92 Å². The summed E-state index contributed by atoms with van der Waals surface area (Å²) < 4.78 is 0. The second-order valence-electron chi connectivity index (χ2n) is 2.16. The molecule has 0 aromatic rings. The molecule has 0 bridgehead atoms. The van der Waals surface area contributed by atoms with Crippen molar-refractivity contribution in [1.82, 2.24) is 0 Å². The van der Waals surface area contributed by atoms with Crippen LogP contribution in [0.1, 0.15) is 32.6 Å². The summed E-state index contributed by atoms with van der Waals surface area (Å²) >= 11 is 0. The van der Waals surface area contributed by atoms with Gasteiger partial charge in [0.15, 0.2) is 0 Å². The summed E-state index contributed by atoms with van der Waals surface area (Å²) in [5.41, 5.74) is 0. The van der Waals surface area contributed by atoms with Crippen molar-refractivity contribution in [3.05, 3.63) is 5.92 Å². The Bertz CT molecular complexity index is 41.8. The fourth-order valence-electron chi connectivity index (χ4n) is 0.979. The summed E-state index contributed by atoms with van der Waals surface area (Å²) in [6.45, 7) is 2.26. The van der Waals surface area contributed by atoms with Gasteiger partial charge in [0.2, 0.25) is 0 Å².